The average molecular weight is 301 g/mol. The number of thiophene rings is 1. The zero-order chi connectivity index (χ0) is 14.4. The highest BCUT2D eigenvalue weighted by molar-refractivity contribution is 7.15. The number of hydrogen-bond acceptors (Lipinski definition) is 5. The molecular formula is C16H19N3OS. The van der Waals surface area contributed by atoms with Crippen molar-refractivity contribution in [2.24, 2.45) is 0 Å². The molecule has 0 aromatic carbocycles. The van der Waals surface area contributed by atoms with Crippen LogP contribution < -0.4 is 4.90 Å². The Morgan fingerprint density at radius 3 is 2.90 bits per heavy atom. The van der Waals surface area contributed by atoms with Gasteiger partial charge in [0.15, 0.2) is 0 Å². The van der Waals surface area contributed by atoms with Gasteiger partial charge >= 0.3 is 0 Å². The molecule has 4 nitrogen and oxygen atoms in total. The highest BCUT2D eigenvalue weighted by Gasteiger charge is 2.29. The minimum atomic E-state index is 0.105. The first-order valence-corrected chi connectivity index (χ1v) is 8.44. The van der Waals surface area contributed by atoms with Crippen LogP contribution in [-0.2, 0) is 19.4 Å². The maximum Gasteiger partial charge on any atom is 0.226 e. The summed E-state index contributed by atoms with van der Waals surface area (Å²) in [6.07, 6.45) is 4.54. The third-order valence-corrected chi connectivity index (χ3v) is 5.63. The first-order valence-electron chi connectivity index (χ1n) is 7.62. The lowest BCUT2D eigenvalue weighted by atomic mass is 10.1. The van der Waals surface area contributed by atoms with Gasteiger partial charge in [-0.2, -0.15) is 0 Å². The summed E-state index contributed by atoms with van der Waals surface area (Å²) in [7, 11) is 0. The fourth-order valence-electron chi connectivity index (χ4n) is 3.16. The van der Waals surface area contributed by atoms with Gasteiger partial charge in [0.2, 0.25) is 5.95 Å². The molecule has 1 atom stereocenters. The quantitative estimate of drug-likeness (QED) is 0.947. The maximum absolute atomic E-state index is 9.29. The summed E-state index contributed by atoms with van der Waals surface area (Å²) in [5, 5.41) is 9.29. The zero-order valence-corrected chi connectivity index (χ0v) is 13.0. The molecule has 2 aliphatic rings. The zero-order valence-electron chi connectivity index (χ0n) is 12.2. The lowest BCUT2D eigenvalue weighted by Gasteiger charge is -2.39. The number of aromatic nitrogens is 2. The second-order valence-corrected chi connectivity index (χ2v) is 7.07. The van der Waals surface area contributed by atoms with Crippen LogP contribution in [0.15, 0.2) is 12.1 Å². The number of rotatable bonds is 3. The molecule has 5 heteroatoms. The van der Waals surface area contributed by atoms with Crippen molar-refractivity contribution in [1.29, 1.82) is 0 Å². The predicted molar refractivity (Wildman–Crippen MR) is 84.7 cm³/mol. The van der Waals surface area contributed by atoms with Crippen LogP contribution >= 0.6 is 11.3 Å². The van der Waals surface area contributed by atoms with Crippen LogP contribution in [0.1, 0.15) is 35.9 Å². The van der Waals surface area contributed by atoms with Gasteiger partial charge in [0, 0.05) is 28.7 Å². The first-order chi connectivity index (χ1) is 10.3. The first kappa shape index (κ1) is 13.2. The molecule has 4 rings (SSSR count). The summed E-state index contributed by atoms with van der Waals surface area (Å²) < 4.78 is 0. The Labute approximate surface area is 128 Å². The van der Waals surface area contributed by atoms with Gasteiger partial charge in [0.1, 0.15) is 0 Å². The standard InChI is InChI=1S/C16H19N3OS/c1-10-7-8-19(10)16-17-13-4-2-3-12(13)15(18-16)14-6-5-11(9-20)21-14/h5-6,10,20H,2-4,7-9H2,1H3/t10-/m0/s1. The fraction of sp³-hybridized carbons (Fsp3) is 0.500. The molecule has 2 aromatic rings. The molecule has 0 radical (unpaired) electrons. The Balaban J connectivity index is 1.81. The van der Waals surface area contributed by atoms with E-state index in [1.807, 2.05) is 6.07 Å². The van der Waals surface area contributed by atoms with Crippen molar-refractivity contribution >= 4 is 17.3 Å². The van der Waals surface area contributed by atoms with Gasteiger partial charge in [0.25, 0.3) is 0 Å². The van der Waals surface area contributed by atoms with E-state index in [2.05, 4.69) is 17.9 Å². The van der Waals surface area contributed by atoms with E-state index in [0.717, 1.165) is 40.8 Å². The van der Waals surface area contributed by atoms with Crippen LogP contribution in [-0.4, -0.2) is 27.7 Å². The van der Waals surface area contributed by atoms with Crippen molar-refractivity contribution in [2.45, 2.75) is 45.3 Å². The summed E-state index contributed by atoms with van der Waals surface area (Å²) in [5.74, 6) is 0.892. The molecule has 1 aliphatic heterocycles. The van der Waals surface area contributed by atoms with Crippen molar-refractivity contribution in [3.8, 4) is 10.6 Å². The number of aryl methyl sites for hydroxylation is 1. The summed E-state index contributed by atoms with van der Waals surface area (Å²) >= 11 is 1.64. The molecule has 0 saturated carbocycles. The Bertz CT molecular complexity index is 682. The van der Waals surface area contributed by atoms with Gasteiger partial charge < -0.3 is 10.0 Å². The van der Waals surface area contributed by atoms with Crippen molar-refractivity contribution < 1.29 is 5.11 Å². The van der Waals surface area contributed by atoms with Crippen LogP contribution in [0.4, 0.5) is 5.95 Å². The van der Waals surface area contributed by atoms with Crippen LogP contribution in [0, 0.1) is 0 Å². The second-order valence-electron chi connectivity index (χ2n) is 5.91. The van der Waals surface area contributed by atoms with Crippen molar-refractivity contribution in [3.05, 3.63) is 28.3 Å². The Hall–Kier alpha value is -1.46. The SMILES string of the molecule is C[C@H]1CCN1c1nc2c(c(-c3ccc(CO)s3)n1)CCC2. The number of hydrogen-bond donors (Lipinski definition) is 1. The molecule has 0 amide bonds. The number of fused-ring (bicyclic) bond motifs is 1. The van der Waals surface area contributed by atoms with Crippen LogP contribution in [0.25, 0.3) is 10.6 Å². The lowest BCUT2D eigenvalue weighted by molar-refractivity contribution is 0.285. The van der Waals surface area contributed by atoms with Crippen molar-refractivity contribution in [1.82, 2.24) is 9.97 Å². The average Bonchev–Trinajstić information content (AvgIpc) is 3.13. The fourth-order valence-corrected chi connectivity index (χ4v) is 4.04. The monoisotopic (exact) mass is 301 g/mol. The Morgan fingerprint density at radius 1 is 1.33 bits per heavy atom. The number of aliphatic hydroxyl groups excluding tert-OH is 1. The number of aliphatic hydroxyl groups is 1. The van der Waals surface area contributed by atoms with E-state index in [1.54, 1.807) is 11.3 Å². The Kier molecular flexibility index (Phi) is 3.19. The van der Waals surface area contributed by atoms with Gasteiger partial charge in [-0.25, -0.2) is 9.97 Å². The molecule has 0 unspecified atom stereocenters. The number of anilines is 1. The van der Waals surface area contributed by atoms with Crippen molar-refractivity contribution in [2.75, 3.05) is 11.4 Å². The molecule has 1 fully saturated rings. The van der Waals surface area contributed by atoms with E-state index in [9.17, 15) is 5.11 Å². The summed E-state index contributed by atoms with van der Waals surface area (Å²) in [5.41, 5.74) is 3.64. The second kappa shape index (κ2) is 5.07. The third-order valence-electron chi connectivity index (χ3n) is 4.55. The molecule has 3 heterocycles. The van der Waals surface area contributed by atoms with Gasteiger partial charge in [0.05, 0.1) is 17.2 Å². The molecule has 21 heavy (non-hydrogen) atoms. The predicted octanol–water partition coefficient (Wildman–Crippen LogP) is 2.78. The van der Waals surface area contributed by atoms with E-state index < -0.39 is 0 Å². The number of nitrogens with zero attached hydrogens (tertiary/aromatic N) is 3. The van der Waals surface area contributed by atoms with E-state index in [1.165, 1.54) is 24.1 Å². The van der Waals surface area contributed by atoms with Crippen LogP contribution in [0.5, 0.6) is 0 Å². The normalized spacial score (nSPS) is 20.5. The van der Waals surface area contributed by atoms with Gasteiger partial charge in [-0.15, -0.1) is 11.3 Å². The molecule has 1 aliphatic carbocycles. The lowest BCUT2D eigenvalue weighted by Crippen LogP contribution is -2.46. The van der Waals surface area contributed by atoms with E-state index in [4.69, 9.17) is 9.97 Å². The largest absolute Gasteiger partial charge is 0.391 e. The van der Waals surface area contributed by atoms with Crippen LogP contribution in [0.3, 0.4) is 0 Å². The minimum Gasteiger partial charge on any atom is -0.391 e. The molecule has 1 N–H and O–H groups in total. The van der Waals surface area contributed by atoms with E-state index in [0.29, 0.717) is 6.04 Å². The molecular weight excluding hydrogens is 282 g/mol. The van der Waals surface area contributed by atoms with Crippen molar-refractivity contribution in [3.63, 3.8) is 0 Å². The Morgan fingerprint density at radius 2 is 2.24 bits per heavy atom. The highest BCUT2D eigenvalue weighted by Crippen LogP contribution is 2.36. The molecule has 2 aromatic heterocycles. The molecule has 0 spiro atoms. The summed E-state index contributed by atoms with van der Waals surface area (Å²) in [6, 6.07) is 4.63. The summed E-state index contributed by atoms with van der Waals surface area (Å²) in [4.78, 5) is 14.1. The molecule has 1 saturated heterocycles. The molecule has 110 valence electrons. The van der Waals surface area contributed by atoms with E-state index in [-0.39, 0.29) is 6.61 Å². The maximum atomic E-state index is 9.29. The molecule has 0 bridgehead atoms. The van der Waals surface area contributed by atoms with Gasteiger partial charge in [-0.05, 0) is 44.7 Å². The smallest absolute Gasteiger partial charge is 0.226 e. The van der Waals surface area contributed by atoms with Crippen LogP contribution in [0.2, 0.25) is 0 Å². The van der Waals surface area contributed by atoms with E-state index >= 15 is 0 Å². The minimum absolute atomic E-state index is 0.105. The third kappa shape index (κ3) is 2.15. The van der Waals surface area contributed by atoms with Gasteiger partial charge in [-0.3, -0.25) is 0 Å². The topological polar surface area (TPSA) is 49.2 Å². The van der Waals surface area contributed by atoms with Gasteiger partial charge in [-0.1, -0.05) is 0 Å². The summed E-state index contributed by atoms with van der Waals surface area (Å²) in [6.45, 7) is 3.40. The highest BCUT2D eigenvalue weighted by atomic mass is 32.1.